The minimum atomic E-state index is -0.0181. The maximum atomic E-state index is 12.7. The second-order valence-electron chi connectivity index (χ2n) is 5.72. The van der Waals surface area contributed by atoms with Gasteiger partial charge in [0.25, 0.3) is 5.91 Å². The normalized spacial score (nSPS) is 16.9. The Morgan fingerprint density at radius 3 is 2.55 bits per heavy atom. The van der Waals surface area contributed by atoms with Gasteiger partial charge in [0.05, 0.1) is 0 Å². The lowest BCUT2D eigenvalue weighted by Gasteiger charge is -2.26. The molecule has 0 fully saturated rings. The summed E-state index contributed by atoms with van der Waals surface area (Å²) in [5.41, 5.74) is 3.08. The van der Waals surface area contributed by atoms with Gasteiger partial charge >= 0.3 is 0 Å². The standard InChI is InChI=1S/C19H22N2O/c1-2-3-13-20-18-16-11-7-8-12-17(16)19(22)21(18)14-15-9-5-4-6-10-15/h4-12,18,20H,2-3,13-14H2,1H3/t18-/m1/s1. The second kappa shape index (κ2) is 6.75. The SMILES string of the molecule is CCCCN[C@H]1c2ccccc2C(=O)N1Cc1ccccc1. The zero-order valence-electron chi connectivity index (χ0n) is 13.0. The van der Waals surface area contributed by atoms with Crippen LogP contribution in [0.25, 0.3) is 0 Å². The van der Waals surface area contributed by atoms with Crippen LogP contribution in [0.3, 0.4) is 0 Å². The molecule has 3 rings (SSSR count). The predicted molar refractivity (Wildman–Crippen MR) is 88.4 cm³/mol. The van der Waals surface area contributed by atoms with Gasteiger partial charge in [-0.2, -0.15) is 0 Å². The van der Waals surface area contributed by atoms with Crippen molar-refractivity contribution in [3.8, 4) is 0 Å². The third-order valence-electron chi connectivity index (χ3n) is 4.12. The minimum Gasteiger partial charge on any atom is -0.315 e. The molecule has 0 bridgehead atoms. The maximum Gasteiger partial charge on any atom is 0.256 e. The van der Waals surface area contributed by atoms with E-state index in [1.807, 2.05) is 41.3 Å². The zero-order valence-corrected chi connectivity index (χ0v) is 13.0. The fourth-order valence-electron chi connectivity index (χ4n) is 2.95. The summed E-state index contributed by atoms with van der Waals surface area (Å²) in [6.45, 7) is 3.74. The average molecular weight is 294 g/mol. The van der Waals surface area contributed by atoms with Crippen LogP contribution in [0.2, 0.25) is 0 Å². The van der Waals surface area contributed by atoms with Crippen LogP contribution in [0.1, 0.15) is 47.4 Å². The summed E-state index contributed by atoms with van der Waals surface area (Å²) in [5, 5.41) is 3.54. The molecule has 0 aliphatic carbocycles. The first-order valence-corrected chi connectivity index (χ1v) is 7.98. The summed E-state index contributed by atoms with van der Waals surface area (Å²) >= 11 is 0. The van der Waals surface area contributed by atoms with Crippen molar-refractivity contribution in [2.45, 2.75) is 32.5 Å². The van der Waals surface area contributed by atoms with Gasteiger partial charge in [-0.15, -0.1) is 0 Å². The number of benzene rings is 2. The number of amides is 1. The molecule has 1 atom stereocenters. The van der Waals surface area contributed by atoms with E-state index in [1.54, 1.807) is 0 Å². The first kappa shape index (κ1) is 14.8. The summed E-state index contributed by atoms with van der Waals surface area (Å²) < 4.78 is 0. The highest BCUT2D eigenvalue weighted by atomic mass is 16.2. The van der Waals surface area contributed by atoms with Crippen LogP contribution >= 0.6 is 0 Å². The summed E-state index contributed by atoms with van der Waals surface area (Å²) in [7, 11) is 0. The molecule has 0 saturated carbocycles. The Hall–Kier alpha value is -2.13. The van der Waals surface area contributed by atoms with Gasteiger partial charge in [-0.25, -0.2) is 0 Å². The number of carbonyl (C=O) groups excluding carboxylic acids is 1. The largest absolute Gasteiger partial charge is 0.315 e. The molecule has 0 aromatic heterocycles. The van der Waals surface area contributed by atoms with Crippen molar-refractivity contribution in [1.29, 1.82) is 0 Å². The number of unbranched alkanes of at least 4 members (excludes halogenated alkanes) is 1. The van der Waals surface area contributed by atoms with E-state index >= 15 is 0 Å². The minimum absolute atomic E-state index is 0.0181. The molecule has 1 aliphatic rings. The number of hydrogen-bond acceptors (Lipinski definition) is 2. The number of nitrogens with one attached hydrogen (secondary N) is 1. The lowest BCUT2D eigenvalue weighted by atomic mass is 10.1. The second-order valence-corrected chi connectivity index (χ2v) is 5.72. The number of nitrogens with zero attached hydrogens (tertiary/aromatic N) is 1. The van der Waals surface area contributed by atoms with E-state index in [-0.39, 0.29) is 12.1 Å². The molecule has 0 unspecified atom stereocenters. The van der Waals surface area contributed by atoms with Gasteiger partial charge in [-0.1, -0.05) is 61.9 Å². The van der Waals surface area contributed by atoms with E-state index in [9.17, 15) is 4.79 Å². The van der Waals surface area contributed by atoms with Crippen LogP contribution in [-0.2, 0) is 6.54 Å². The molecule has 3 nitrogen and oxygen atoms in total. The van der Waals surface area contributed by atoms with Gasteiger partial charge in [-0.05, 0) is 24.6 Å². The van der Waals surface area contributed by atoms with Crippen molar-refractivity contribution in [2.75, 3.05) is 6.54 Å². The van der Waals surface area contributed by atoms with E-state index < -0.39 is 0 Å². The number of hydrogen-bond donors (Lipinski definition) is 1. The Morgan fingerprint density at radius 2 is 1.77 bits per heavy atom. The molecule has 1 amide bonds. The van der Waals surface area contributed by atoms with Gasteiger partial charge in [-0.3, -0.25) is 10.1 Å². The number of rotatable bonds is 6. The molecule has 22 heavy (non-hydrogen) atoms. The van der Waals surface area contributed by atoms with Crippen LogP contribution in [0, 0.1) is 0 Å². The summed E-state index contributed by atoms with van der Waals surface area (Å²) in [6.07, 6.45) is 2.25. The Balaban J connectivity index is 1.85. The lowest BCUT2D eigenvalue weighted by Crippen LogP contribution is -2.36. The smallest absolute Gasteiger partial charge is 0.256 e. The molecule has 0 saturated heterocycles. The fourth-order valence-corrected chi connectivity index (χ4v) is 2.95. The topological polar surface area (TPSA) is 32.3 Å². The first-order valence-electron chi connectivity index (χ1n) is 7.98. The third kappa shape index (κ3) is 2.90. The molecule has 0 radical (unpaired) electrons. The molecule has 1 heterocycles. The fraction of sp³-hybridized carbons (Fsp3) is 0.316. The Morgan fingerprint density at radius 1 is 1.05 bits per heavy atom. The van der Waals surface area contributed by atoms with Crippen molar-refractivity contribution >= 4 is 5.91 Å². The van der Waals surface area contributed by atoms with Crippen molar-refractivity contribution in [3.63, 3.8) is 0 Å². The van der Waals surface area contributed by atoms with Gasteiger partial charge < -0.3 is 4.90 Å². The Bertz CT molecular complexity index is 639. The van der Waals surface area contributed by atoms with Crippen molar-refractivity contribution in [1.82, 2.24) is 10.2 Å². The number of carbonyl (C=O) groups is 1. The summed E-state index contributed by atoms with van der Waals surface area (Å²) in [6, 6.07) is 18.1. The first-order chi connectivity index (χ1) is 10.8. The zero-order chi connectivity index (χ0) is 15.4. The van der Waals surface area contributed by atoms with Gasteiger partial charge in [0, 0.05) is 17.7 Å². The Labute approximate surface area is 132 Å². The summed E-state index contributed by atoms with van der Waals surface area (Å²) in [5.74, 6) is 0.119. The van der Waals surface area contributed by atoms with Gasteiger partial charge in [0.1, 0.15) is 6.17 Å². The van der Waals surface area contributed by atoms with E-state index in [1.165, 1.54) is 0 Å². The van der Waals surface area contributed by atoms with E-state index in [0.29, 0.717) is 6.54 Å². The molecule has 1 aliphatic heterocycles. The Kier molecular flexibility index (Phi) is 4.54. The van der Waals surface area contributed by atoms with E-state index in [4.69, 9.17) is 0 Å². The highest BCUT2D eigenvalue weighted by Gasteiger charge is 2.35. The van der Waals surface area contributed by atoms with Crippen molar-refractivity contribution in [3.05, 3.63) is 71.3 Å². The highest BCUT2D eigenvalue weighted by Crippen LogP contribution is 2.32. The molecule has 1 N–H and O–H groups in total. The molecular formula is C19H22N2O. The maximum absolute atomic E-state index is 12.7. The molecular weight excluding hydrogens is 272 g/mol. The molecule has 2 aromatic rings. The third-order valence-corrected chi connectivity index (χ3v) is 4.12. The van der Waals surface area contributed by atoms with Crippen LogP contribution in [-0.4, -0.2) is 17.4 Å². The highest BCUT2D eigenvalue weighted by molar-refractivity contribution is 5.99. The average Bonchev–Trinajstić information content (AvgIpc) is 2.82. The van der Waals surface area contributed by atoms with Gasteiger partial charge in [0.2, 0.25) is 0 Å². The predicted octanol–water partition coefficient (Wildman–Crippen LogP) is 3.73. The van der Waals surface area contributed by atoms with Crippen LogP contribution in [0.15, 0.2) is 54.6 Å². The van der Waals surface area contributed by atoms with Crippen molar-refractivity contribution < 1.29 is 4.79 Å². The van der Waals surface area contributed by atoms with Crippen LogP contribution in [0.5, 0.6) is 0 Å². The molecule has 2 aromatic carbocycles. The monoisotopic (exact) mass is 294 g/mol. The number of fused-ring (bicyclic) bond motifs is 1. The molecule has 3 heteroatoms. The molecule has 0 spiro atoms. The summed E-state index contributed by atoms with van der Waals surface area (Å²) in [4.78, 5) is 14.7. The lowest BCUT2D eigenvalue weighted by molar-refractivity contribution is 0.0677. The van der Waals surface area contributed by atoms with Crippen LogP contribution in [0.4, 0.5) is 0 Å². The van der Waals surface area contributed by atoms with E-state index in [2.05, 4.69) is 30.4 Å². The quantitative estimate of drug-likeness (QED) is 0.823. The van der Waals surface area contributed by atoms with E-state index in [0.717, 1.165) is 36.1 Å². The molecule has 114 valence electrons. The van der Waals surface area contributed by atoms with Crippen molar-refractivity contribution in [2.24, 2.45) is 0 Å². The van der Waals surface area contributed by atoms with Crippen LogP contribution < -0.4 is 5.32 Å². The van der Waals surface area contributed by atoms with Gasteiger partial charge in [0.15, 0.2) is 0 Å².